The molecule has 0 N–H and O–H groups in total. The second-order valence-corrected chi connectivity index (χ2v) is 20.2. The molecular weight excluding hydrogens is 927 g/mol. The second-order valence-electron chi connectivity index (χ2n) is 20.2. The van der Waals surface area contributed by atoms with Gasteiger partial charge in [-0.2, -0.15) is 9.97 Å². The van der Waals surface area contributed by atoms with Crippen molar-refractivity contribution in [3.8, 4) is 67.8 Å². The van der Waals surface area contributed by atoms with Gasteiger partial charge in [0.25, 0.3) is 0 Å². The van der Waals surface area contributed by atoms with E-state index in [2.05, 4.69) is 246 Å². The first-order valence-corrected chi connectivity index (χ1v) is 25.9. The lowest BCUT2D eigenvalue weighted by molar-refractivity contribution is 0.669. The molecule has 76 heavy (non-hydrogen) atoms. The summed E-state index contributed by atoms with van der Waals surface area (Å²) in [4.78, 5) is 16.0. The van der Waals surface area contributed by atoms with Gasteiger partial charge in [-0.1, -0.05) is 182 Å². The number of hydrogen-bond donors (Lipinski definition) is 0. The molecule has 0 aliphatic heterocycles. The van der Waals surface area contributed by atoms with E-state index in [4.69, 9.17) is 19.4 Å². The number of benzene rings is 11. The van der Waals surface area contributed by atoms with Crippen LogP contribution < -0.4 is 0 Å². The third kappa shape index (κ3) is 5.51. The van der Waals surface area contributed by atoms with E-state index in [0.717, 1.165) is 82.7 Å². The van der Waals surface area contributed by atoms with Gasteiger partial charge in [0.15, 0.2) is 11.6 Å². The molecule has 0 radical (unpaired) electrons. The van der Waals surface area contributed by atoms with Crippen LogP contribution >= 0.6 is 0 Å². The minimum atomic E-state index is -0.427. The Bertz CT molecular complexity index is 4840. The van der Waals surface area contributed by atoms with Crippen molar-refractivity contribution in [1.82, 2.24) is 24.1 Å². The molecule has 4 aromatic heterocycles. The van der Waals surface area contributed by atoms with Crippen LogP contribution in [0.3, 0.4) is 0 Å². The Balaban J connectivity index is 0.846. The monoisotopic (exact) mass is 967 g/mol. The normalized spacial score (nSPS) is 13.1. The molecule has 6 nitrogen and oxygen atoms in total. The first kappa shape index (κ1) is 41.3. The lowest BCUT2D eigenvalue weighted by atomic mass is 9.70. The van der Waals surface area contributed by atoms with Crippen LogP contribution in [0.4, 0.5) is 0 Å². The second kappa shape index (κ2) is 15.4. The van der Waals surface area contributed by atoms with E-state index in [9.17, 15) is 0 Å². The van der Waals surface area contributed by atoms with Gasteiger partial charge in [0.1, 0.15) is 11.2 Å². The SMILES string of the molecule is c1ccc(-c2cccc3oc4cc(-c5nc(-c6ccc(-n7c8ccccc8c8c9c(ccc87)C7(c8ccccc8-c8ccccc87)c7ccccc7-9)cc6)nc(-n6c7ccccc7c7ccccc76)n5)ccc4c23)cc1. The van der Waals surface area contributed by atoms with Gasteiger partial charge < -0.3 is 8.98 Å². The van der Waals surface area contributed by atoms with Gasteiger partial charge in [-0.05, 0) is 122 Å². The van der Waals surface area contributed by atoms with Gasteiger partial charge in [-0.15, -0.1) is 0 Å². The van der Waals surface area contributed by atoms with Crippen LogP contribution in [0.5, 0.6) is 0 Å². The van der Waals surface area contributed by atoms with Crippen LogP contribution in [0.25, 0.3) is 133 Å². The quantitative estimate of drug-likeness (QED) is 0.172. The summed E-state index contributed by atoms with van der Waals surface area (Å²) in [7, 11) is 0. The van der Waals surface area contributed by atoms with Crippen molar-refractivity contribution in [2.75, 3.05) is 0 Å². The van der Waals surface area contributed by atoms with Crippen molar-refractivity contribution in [3.63, 3.8) is 0 Å². The summed E-state index contributed by atoms with van der Waals surface area (Å²) in [5, 5.41) is 6.89. The van der Waals surface area contributed by atoms with E-state index in [0.29, 0.717) is 17.6 Å². The number of para-hydroxylation sites is 3. The standard InChI is InChI=1S/C70H41N5O/c1-2-17-42(18-3-1)46-25-16-32-62-64(46)53-38-35-44(41-63(53)76-62)68-71-67(72-69(73-68)75-58-29-13-7-21-49(58)50-22-8-14-30-59(50)75)43-33-36-45(37-34-43)74-60-31-15-9-24-52(60)66-61(74)40-39-57-65(66)51-23-6-12-28-56(51)70(57)54-26-10-4-19-47(54)48-20-5-11-27-55(48)70/h1-41H. The number of fused-ring (bicyclic) bond motifs is 20. The van der Waals surface area contributed by atoms with Crippen LogP contribution in [0, 0.1) is 0 Å². The zero-order valence-electron chi connectivity index (χ0n) is 40.8. The minimum absolute atomic E-state index is 0.427. The molecule has 15 aromatic rings. The Labute approximate surface area is 436 Å². The van der Waals surface area contributed by atoms with Gasteiger partial charge in [-0.3, -0.25) is 4.57 Å². The molecule has 2 aliphatic carbocycles. The maximum absolute atomic E-state index is 6.63. The van der Waals surface area contributed by atoms with E-state index in [1.54, 1.807) is 0 Å². The fraction of sp³-hybridized carbons (Fsp3) is 0.0143. The summed E-state index contributed by atoms with van der Waals surface area (Å²) < 4.78 is 11.2. The molecule has 2 aliphatic rings. The van der Waals surface area contributed by atoms with Crippen molar-refractivity contribution in [2.45, 2.75) is 5.41 Å². The Morgan fingerprint density at radius 2 is 0.868 bits per heavy atom. The summed E-state index contributed by atoms with van der Waals surface area (Å²) in [6, 6.07) is 89.5. The molecule has 4 heterocycles. The summed E-state index contributed by atoms with van der Waals surface area (Å²) >= 11 is 0. The maximum atomic E-state index is 6.63. The first-order valence-electron chi connectivity index (χ1n) is 25.9. The van der Waals surface area contributed by atoms with Gasteiger partial charge in [0.2, 0.25) is 5.95 Å². The van der Waals surface area contributed by atoms with Gasteiger partial charge >= 0.3 is 0 Å². The topological polar surface area (TPSA) is 61.7 Å². The Kier molecular flexibility index (Phi) is 8.39. The third-order valence-electron chi connectivity index (χ3n) is 16.4. The molecule has 352 valence electrons. The highest BCUT2D eigenvalue weighted by atomic mass is 16.3. The van der Waals surface area contributed by atoms with Crippen molar-refractivity contribution < 1.29 is 4.42 Å². The minimum Gasteiger partial charge on any atom is -0.456 e. The smallest absolute Gasteiger partial charge is 0.238 e. The number of nitrogens with zero attached hydrogens (tertiary/aromatic N) is 5. The molecular formula is C70H41N5O. The lowest BCUT2D eigenvalue weighted by Gasteiger charge is -2.30. The molecule has 0 amide bonds. The van der Waals surface area contributed by atoms with Crippen LogP contribution in [-0.2, 0) is 5.41 Å². The molecule has 17 rings (SSSR count). The molecule has 0 unspecified atom stereocenters. The van der Waals surface area contributed by atoms with E-state index < -0.39 is 5.41 Å². The van der Waals surface area contributed by atoms with Crippen LogP contribution in [0.15, 0.2) is 253 Å². The highest BCUT2D eigenvalue weighted by molar-refractivity contribution is 6.19. The lowest BCUT2D eigenvalue weighted by Crippen LogP contribution is -2.25. The molecule has 0 saturated carbocycles. The summed E-state index contributed by atoms with van der Waals surface area (Å²) in [6.45, 7) is 0. The molecule has 0 fully saturated rings. The number of aromatic nitrogens is 5. The molecule has 11 aromatic carbocycles. The fourth-order valence-corrected chi connectivity index (χ4v) is 13.4. The largest absolute Gasteiger partial charge is 0.456 e. The number of hydrogen-bond acceptors (Lipinski definition) is 4. The first-order chi connectivity index (χ1) is 37.7. The molecule has 0 bridgehead atoms. The van der Waals surface area contributed by atoms with E-state index in [1.807, 2.05) is 12.1 Å². The number of furan rings is 1. The van der Waals surface area contributed by atoms with E-state index in [1.165, 1.54) is 55.3 Å². The maximum Gasteiger partial charge on any atom is 0.238 e. The average Bonchev–Trinajstić information content (AvgIpc) is 4.47. The Morgan fingerprint density at radius 1 is 0.316 bits per heavy atom. The van der Waals surface area contributed by atoms with Crippen LogP contribution in [-0.4, -0.2) is 24.1 Å². The van der Waals surface area contributed by atoms with Gasteiger partial charge in [0.05, 0.1) is 27.5 Å². The van der Waals surface area contributed by atoms with Crippen molar-refractivity contribution in [1.29, 1.82) is 0 Å². The molecule has 0 atom stereocenters. The zero-order chi connectivity index (χ0) is 49.6. The highest BCUT2D eigenvalue weighted by Gasteiger charge is 2.52. The van der Waals surface area contributed by atoms with Crippen molar-refractivity contribution in [3.05, 3.63) is 271 Å². The zero-order valence-corrected chi connectivity index (χ0v) is 40.8. The van der Waals surface area contributed by atoms with E-state index in [-0.39, 0.29) is 0 Å². The van der Waals surface area contributed by atoms with Gasteiger partial charge in [0, 0.05) is 49.1 Å². The average molecular weight is 968 g/mol. The Morgan fingerprint density at radius 3 is 1.57 bits per heavy atom. The van der Waals surface area contributed by atoms with Crippen LogP contribution in [0.2, 0.25) is 0 Å². The number of rotatable bonds is 5. The summed E-state index contributed by atoms with van der Waals surface area (Å²) in [6.07, 6.45) is 0. The Hall–Kier alpha value is -10.2. The fourth-order valence-electron chi connectivity index (χ4n) is 13.4. The predicted molar refractivity (Wildman–Crippen MR) is 308 cm³/mol. The molecule has 0 saturated heterocycles. The van der Waals surface area contributed by atoms with Crippen molar-refractivity contribution >= 4 is 65.6 Å². The third-order valence-corrected chi connectivity index (χ3v) is 16.4. The van der Waals surface area contributed by atoms with Crippen LogP contribution in [0.1, 0.15) is 22.3 Å². The van der Waals surface area contributed by atoms with Crippen molar-refractivity contribution in [2.24, 2.45) is 0 Å². The van der Waals surface area contributed by atoms with E-state index >= 15 is 0 Å². The summed E-state index contributed by atoms with van der Waals surface area (Å²) in [5.74, 6) is 1.67. The molecule has 1 spiro atoms. The van der Waals surface area contributed by atoms with Gasteiger partial charge in [-0.25, -0.2) is 4.98 Å². The highest BCUT2D eigenvalue weighted by Crippen LogP contribution is 2.64. The molecule has 6 heteroatoms. The predicted octanol–water partition coefficient (Wildman–Crippen LogP) is 17.3. The summed E-state index contributed by atoms with van der Waals surface area (Å²) in [5.41, 5.74) is 21.1.